The van der Waals surface area contributed by atoms with E-state index in [0.717, 1.165) is 24.7 Å². The van der Waals surface area contributed by atoms with Crippen LogP contribution in [0.4, 0.5) is 11.6 Å². The highest BCUT2D eigenvalue weighted by atomic mass is 32.2. The highest BCUT2D eigenvalue weighted by Crippen LogP contribution is 2.22. The Balaban J connectivity index is 1.38. The Morgan fingerprint density at radius 3 is 1.77 bits per heavy atom. The van der Waals surface area contributed by atoms with Gasteiger partial charge in [0, 0.05) is 39.3 Å². The summed E-state index contributed by atoms with van der Waals surface area (Å²) in [5.74, 6) is 1.70. The highest BCUT2D eigenvalue weighted by molar-refractivity contribution is 7.89. The van der Waals surface area contributed by atoms with Gasteiger partial charge in [-0.1, -0.05) is 12.8 Å². The molecule has 2 saturated heterocycles. The van der Waals surface area contributed by atoms with Crippen molar-refractivity contribution < 1.29 is 8.42 Å². The predicted molar refractivity (Wildman–Crippen MR) is 115 cm³/mol. The number of hydrogen-bond acceptors (Lipinski definition) is 7. The fourth-order valence-electron chi connectivity index (χ4n) is 3.96. The van der Waals surface area contributed by atoms with Crippen molar-refractivity contribution in [3.05, 3.63) is 42.0 Å². The molecule has 9 heteroatoms. The van der Waals surface area contributed by atoms with Crippen LogP contribution in [0.3, 0.4) is 0 Å². The first-order chi connectivity index (χ1) is 14.6. The second kappa shape index (κ2) is 8.98. The number of nitriles is 1. The molecule has 0 aliphatic carbocycles. The van der Waals surface area contributed by atoms with E-state index in [1.165, 1.54) is 54.3 Å². The summed E-state index contributed by atoms with van der Waals surface area (Å²) < 4.78 is 27.2. The van der Waals surface area contributed by atoms with E-state index >= 15 is 0 Å². The molecule has 0 spiro atoms. The topological polar surface area (TPSA) is 93.4 Å². The monoisotopic (exact) mass is 426 g/mol. The first kappa shape index (κ1) is 20.6. The Bertz CT molecular complexity index is 985. The maximum Gasteiger partial charge on any atom is 0.243 e. The summed E-state index contributed by atoms with van der Waals surface area (Å²) in [6.07, 6.45) is 4.94. The van der Waals surface area contributed by atoms with Gasteiger partial charge in [0.15, 0.2) is 11.6 Å². The molecule has 2 fully saturated rings. The van der Waals surface area contributed by atoms with Gasteiger partial charge in [0.2, 0.25) is 10.0 Å². The molecular weight excluding hydrogens is 400 g/mol. The zero-order valence-corrected chi connectivity index (χ0v) is 17.8. The third-order valence-corrected chi connectivity index (χ3v) is 7.66. The minimum absolute atomic E-state index is 0.219. The quantitative estimate of drug-likeness (QED) is 0.740. The number of benzene rings is 1. The molecule has 1 aromatic heterocycles. The maximum absolute atomic E-state index is 12.9. The molecule has 0 bridgehead atoms. The molecule has 0 N–H and O–H groups in total. The molecule has 3 heterocycles. The van der Waals surface area contributed by atoms with Gasteiger partial charge in [0.1, 0.15) is 0 Å². The van der Waals surface area contributed by atoms with Crippen LogP contribution < -0.4 is 9.80 Å². The van der Waals surface area contributed by atoms with Gasteiger partial charge in [-0.2, -0.15) is 9.57 Å². The van der Waals surface area contributed by atoms with E-state index in [9.17, 15) is 8.42 Å². The van der Waals surface area contributed by atoms with Crippen molar-refractivity contribution in [2.45, 2.75) is 30.6 Å². The second-order valence-electron chi connectivity index (χ2n) is 7.68. The molecule has 30 heavy (non-hydrogen) atoms. The fourth-order valence-corrected chi connectivity index (χ4v) is 5.39. The molecule has 0 unspecified atom stereocenters. The Kier molecular flexibility index (Phi) is 6.16. The SMILES string of the molecule is N#Cc1ccc(S(=O)(=O)N2CCN(c3ccc(N4CCCCCC4)nn3)CC2)cc1. The predicted octanol–water partition coefficient (Wildman–Crippen LogP) is 2.24. The standard InChI is InChI=1S/C21H26N6O2S/c22-17-18-5-7-19(8-6-18)30(28,29)27-15-13-26(14-16-27)21-10-9-20(23-24-21)25-11-3-1-2-4-12-25/h5-10H,1-4,11-16H2. The van der Waals surface area contributed by atoms with Gasteiger partial charge < -0.3 is 9.80 Å². The lowest BCUT2D eigenvalue weighted by Crippen LogP contribution is -2.49. The average molecular weight is 427 g/mol. The summed E-state index contributed by atoms with van der Waals surface area (Å²) in [7, 11) is -3.56. The minimum Gasteiger partial charge on any atom is -0.355 e. The van der Waals surface area contributed by atoms with Gasteiger partial charge >= 0.3 is 0 Å². The molecule has 0 atom stereocenters. The van der Waals surface area contributed by atoms with E-state index in [-0.39, 0.29) is 4.90 Å². The van der Waals surface area contributed by atoms with Crippen LogP contribution >= 0.6 is 0 Å². The van der Waals surface area contributed by atoms with Crippen LogP contribution in [-0.4, -0.2) is 62.2 Å². The van der Waals surface area contributed by atoms with Crippen molar-refractivity contribution in [2.75, 3.05) is 49.1 Å². The van der Waals surface area contributed by atoms with Crippen molar-refractivity contribution in [1.29, 1.82) is 5.26 Å². The van der Waals surface area contributed by atoms with Gasteiger partial charge in [-0.25, -0.2) is 8.42 Å². The summed E-state index contributed by atoms with van der Waals surface area (Å²) in [5.41, 5.74) is 0.445. The van der Waals surface area contributed by atoms with Crippen molar-refractivity contribution in [1.82, 2.24) is 14.5 Å². The molecule has 2 aromatic rings. The molecular formula is C21H26N6O2S. The molecule has 0 radical (unpaired) electrons. The van der Waals surface area contributed by atoms with Crippen molar-refractivity contribution in [3.8, 4) is 6.07 Å². The lowest BCUT2D eigenvalue weighted by atomic mass is 10.2. The third-order valence-electron chi connectivity index (χ3n) is 5.75. The normalized spacial score (nSPS) is 18.6. The molecule has 2 aliphatic rings. The van der Waals surface area contributed by atoms with E-state index in [2.05, 4.69) is 20.0 Å². The van der Waals surface area contributed by atoms with E-state index in [4.69, 9.17) is 5.26 Å². The Labute approximate surface area is 177 Å². The van der Waals surface area contributed by atoms with Crippen LogP contribution in [0.25, 0.3) is 0 Å². The first-order valence-corrected chi connectivity index (χ1v) is 11.9. The van der Waals surface area contributed by atoms with Crippen LogP contribution in [-0.2, 0) is 10.0 Å². The minimum atomic E-state index is -3.56. The fraction of sp³-hybridized carbons (Fsp3) is 0.476. The first-order valence-electron chi connectivity index (χ1n) is 10.4. The molecule has 2 aliphatic heterocycles. The largest absolute Gasteiger partial charge is 0.355 e. The summed E-state index contributed by atoms with van der Waals surface area (Å²) in [6.45, 7) is 3.95. The maximum atomic E-state index is 12.9. The number of aromatic nitrogens is 2. The van der Waals surface area contributed by atoms with E-state index in [0.29, 0.717) is 31.7 Å². The number of hydrogen-bond donors (Lipinski definition) is 0. The molecule has 0 saturated carbocycles. The zero-order valence-electron chi connectivity index (χ0n) is 16.9. The molecule has 8 nitrogen and oxygen atoms in total. The van der Waals surface area contributed by atoms with Crippen LogP contribution in [0.1, 0.15) is 31.2 Å². The van der Waals surface area contributed by atoms with E-state index in [1.54, 1.807) is 0 Å². The van der Waals surface area contributed by atoms with Crippen LogP contribution in [0.15, 0.2) is 41.3 Å². The van der Waals surface area contributed by atoms with Crippen LogP contribution in [0, 0.1) is 11.3 Å². The summed E-state index contributed by atoms with van der Waals surface area (Å²) in [4.78, 5) is 4.59. The van der Waals surface area contributed by atoms with Crippen molar-refractivity contribution in [2.24, 2.45) is 0 Å². The van der Waals surface area contributed by atoms with E-state index < -0.39 is 10.0 Å². The summed E-state index contributed by atoms with van der Waals surface area (Å²) >= 11 is 0. The smallest absolute Gasteiger partial charge is 0.243 e. The molecule has 158 valence electrons. The summed E-state index contributed by atoms with van der Waals surface area (Å²) in [5, 5.41) is 17.7. The van der Waals surface area contributed by atoms with E-state index in [1.807, 2.05) is 18.2 Å². The number of sulfonamides is 1. The van der Waals surface area contributed by atoms with Gasteiger partial charge in [-0.15, -0.1) is 10.2 Å². The number of rotatable bonds is 4. The molecule has 0 amide bonds. The third kappa shape index (κ3) is 4.40. The zero-order chi connectivity index (χ0) is 21.0. The highest BCUT2D eigenvalue weighted by Gasteiger charge is 2.29. The average Bonchev–Trinajstić information content (AvgIpc) is 3.09. The second-order valence-corrected chi connectivity index (χ2v) is 9.62. The number of nitrogens with zero attached hydrogens (tertiary/aromatic N) is 6. The van der Waals surface area contributed by atoms with Gasteiger partial charge in [-0.3, -0.25) is 0 Å². The Morgan fingerprint density at radius 2 is 1.27 bits per heavy atom. The van der Waals surface area contributed by atoms with Crippen molar-refractivity contribution in [3.63, 3.8) is 0 Å². The number of piperazine rings is 1. The van der Waals surface area contributed by atoms with Gasteiger partial charge in [0.05, 0.1) is 16.5 Å². The lowest BCUT2D eigenvalue weighted by Gasteiger charge is -2.34. The van der Waals surface area contributed by atoms with Gasteiger partial charge in [0.25, 0.3) is 0 Å². The van der Waals surface area contributed by atoms with Crippen molar-refractivity contribution >= 4 is 21.7 Å². The molecule has 4 rings (SSSR count). The number of anilines is 2. The summed E-state index contributed by atoms with van der Waals surface area (Å²) in [6, 6.07) is 12.1. The van der Waals surface area contributed by atoms with Crippen LogP contribution in [0.5, 0.6) is 0 Å². The van der Waals surface area contributed by atoms with Crippen LogP contribution in [0.2, 0.25) is 0 Å². The Hall–Kier alpha value is -2.70. The Morgan fingerprint density at radius 1 is 0.733 bits per heavy atom. The van der Waals surface area contributed by atoms with Gasteiger partial charge in [-0.05, 0) is 49.2 Å². The lowest BCUT2D eigenvalue weighted by molar-refractivity contribution is 0.383. The molecule has 1 aromatic carbocycles.